The molecule has 78 valence electrons. The summed E-state index contributed by atoms with van der Waals surface area (Å²) in [4.78, 5) is 4.27. The van der Waals surface area contributed by atoms with Crippen LogP contribution in [0.25, 0.3) is 11.3 Å². The minimum atomic E-state index is 0.679. The molecule has 0 spiro atoms. The van der Waals surface area contributed by atoms with Crippen LogP contribution in [0.3, 0.4) is 0 Å². The van der Waals surface area contributed by atoms with Crippen molar-refractivity contribution >= 4 is 0 Å². The molecule has 0 amide bonds. The Kier molecular flexibility index (Phi) is 2.46. The minimum absolute atomic E-state index is 0.679. The highest BCUT2D eigenvalue weighted by Gasteiger charge is 2.05. The molecule has 0 saturated carbocycles. The molecule has 0 aliphatic carbocycles. The van der Waals surface area contributed by atoms with E-state index in [4.69, 9.17) is 9.15 Å². The van der Waals surface area contributed by atoms with E-state index in [1.165, 1.54) is 0 Å². The monoisotopic (exact) mass is 203 g/mol. The molecule has 0 radical (unpaired) electrons. The smallest absolute Gasteiger partial charge is 0.191 e. The first-order chi connectivity index (χ1) is 7.20. The highest BCUT2D eigenvalue weighted by atomic mass is 16.5. The molecule has 1 aromatic carbocycles. The molecule has 0 N–H and O–H groups in total. The molecule has 0 aliphatic heterocycles. The number of hydrogen-bond acceptors (Lipinski definition) is 3. The van der Waals surface area contributed by atoms with Crippen LogP contribution in [0, 0.1) is 13.8 Å². The first kappa shape index (κ1) is 9.77. The van der Waals surface area contributed by atoms with Crippen LogP contribution in [0.5, 0.6) is 5.75 Å². The van der Waals surface area contributed by atoms with Crippen LogP contribution in [0.15, 0.2) is 28.9 Å². The second-order valence-electron chi connectivity index (χ2n) is 3.44. The fourth-order valence-corrected chi connectivity index (χ4v) is 1.53. The lowest BCUT2D eigenvalue weighted by molar-refractivity contribution is 0.412. The zero-order chi connectivity index (χ0) is 10.8. The van der Waals surface area contributed by atoms with E-state index >= 15 is 0 Å². The maximum Gasteiger partial charge on any atom is 0.191 e. The highest BCUT2D eigenvalue weighted by Crippen LogP contribution is 2.25. The molecular formula is C12H13NO2. The average molecular weight is 203 g/mol. The van der Waals surface area contributed by atoms with Crippen LogP contribution in [0.2, 0.25) is 0 Å². The first-order valence-corrected chi connectivity index (χ1v) is 4.78. The number of aryl methyl sites for hydroxylation is 2. The summed E-state index contributed by atoms with van der Waals surface area (Å²) in [5.74, 6) is 1.57. The number of oxazole rings is 1. The van der Waals surface area contributed by atoms with Gasteiger partial charge in [0.2, 0.25) is 0 Å². The van der Waals surface area contributed by atoms with Gasteiger partial charge < -0.3 is 9.15 Å². The summed E-state index contributed by atoms with van der Waals surface area (Å²) in [7, 11) is 1.67. The number of hydrogen-bond donors (Lipinski definition) is 0. The molecule has 3 nitrogen and oxygen atoms in total. The van der Waals surface area contributed by atoms with Crippen LogP contribution in [-0.4, -0.2) is 12.1 Å². The van der Waals surface area contributed by atoms with E-state index < -0.39 is 0 Å². The van der Waals surface area contributed by atoms with Crippen LogP contribution >= 0.6 is 0 Å². The molecule has 0 aliphatic rings. The summed E-state index contributed by atoms with van der Waals surface area (Å²) in [6.45, 7) is 3.84. The van der Waals surface area contributed by atoms with Crippen LogP contribution in [0.1, 0.15) is 11.5 Å². The summed E-state index contributed by atoms with van der Waals surface area (Å²) in [6.07, 6.45) is 1.66. The summed E-state index contributed by atoms with van der Waals surface area (Å²) in [5.41, 5.74) is 3.00. The van der Waals surface area contributed by atoms with Gasteiger partial charge in [-0.1, -0.05) is 0 Å². The zero-order valence-corrected chi connectivity index (χ0v) is 9.07. The standard InChI is InChI=1S/C12H13NO2/c1-8-6-10(4-5-12(8)14-3)11-7-15-9(2)13-11/h4-7H,1-3H3. The molecule has 3 heteroatoms. The molecule has 15 heavy (non-hydrogen) atoms. The van der Waals surface area contributed by atoms with Crippen LogP contribution in [0.4, 0.5) is 0 Å². The maximum absolute atomic E-state index is 5.20. The van der Waals surface area contributed by atoms with E-state index in [0.29, 0.717) is 5.89 Å². The van der Waals surface area contributed by atoms with Gasteiger partial charge in [-0.2, -0.15) is 0 Å². The topological polar surface area (TPSA) is 35.3 Å². The van der Waals surface area contributed by atoms with E-state index in [9.17, 15) is 0 Å². The average Bonchev–Trinajstić information content (AvgIpc) is 2.65. The Morgan fingerprint density at radius 3 is 2.60 bits per heavy atom. The van der Waals surface area contributed by atoms with Crippen molar-refractivity contribution < 1.29 is 9.15 Å². The predicted octanol–water partition coefficient (Wildman–Crippen LogP) is 2.97. The summed E-state index contributed by atoms with van der Waals surface area (Å²) in [6, 6.07) is 5.95. The molecule has 0 atom stereocenters. The van der Waals surface area contributed by atoms with Crippen molar-refractivity contribution in [2.75, 3.05) is 7.11 Å². The Morgan fingerprint density at radius 1 is 1.27 bits per heavy atom. The fourth-order valence-electron chi connectivity index (χ4n) is 1.53. The molecular weight excluding hydrogens is 190 g/mol. The quantitative estimate of drug-likeness (QED) is 0.752. The van der Waals surface area contributed by atoms with Gasteiger partial charge in [-0.05, 0) is 30.7 Å². The fraction of sp³-hybridized carbons (Fsp3) is 0.250. The Hall–Kier alpha value is -1.77. The molecule has 0 unspecified atom stereocenters. The second kappa shape index (κ2) is 3.77. The van der Waals surface area contributed by atoms with Gasteiger partial charge in [0.1, 0.15) is 17.7 Å². The lowest BCUT2D eigenvalue weighted by atomic mass is 10.1. The van der Waals surface area contributed by atoms with Crippen molar-refractivity contribution in [2.24, 2.45) is 0 Å². The van der Waals surface area contributed by atoms with Crippen molar-refractivity contribution in [1.82, 2.24) is 4.98 Å². The molecule has 2 rings (SSSR count). The number of rotatable bonds is 2. The van der Waals surface area contributed by atoms with E-state index in [1.807, 2.05) is 32.0 Å². The van der Waals surface area contributed by atoms with Crippen LogP contribution < -0.4 is 4.74 Å². The van der Waals surface area contributed by atoms with Crippen molar-refractivity contribution in [3.8, 4) is 17.0 Å². The second-order valence-corrected chi connectivity index (χ2v) is 3.44. The molecule has 0 fully saturated rings. The molecule has 2 aromatic rings. The molecule has 1 heterocycles. The normalized spacial score (nSPS) is 10.3. The summed E-state index contributed by atoms with van der Waals surface area (Å²) in [5, 5.41) is 0. The van der Waals surface area contributed by atoms with Gasteiger partial charge in [0.25, 0.3) is 0 Å². The van der Waals surface area contributed by atoms with Gasteiger partial charge in [0.05, 0.1) is 7.11 Å². The van der Waals surface area contributed by atoms with Crippen molar-refractivity contribution in [2.45, 2.75) is 13.8 Å². The third kappa shape index (κ3) is 1.86. The van der Waals surface area contributed by atoms with Gasteiger partial charge in [0, 0.05) is 12.5 Å². The Balaban J connectivity index is 2.42. The number of nitrogens with zero attached hydrogens (tertiary/aromatic N) is 1. The SMILES string of the molecule is COc1ccc(-c2coc(C)n2)cc1C. The summed E-state index contributed by atoms with van der Waals surface area (Å²) < 4.78 is 10.4. The van der Waals surface area contributed by atoms with E-state index in [2.05, 4.69) is 4.98 Å². The number of aromatic nitrogens is 1. The Morgan fingerprint density at radius 2 is 2.07 bits per heavy atom. The van der Waals surface area contributed by atoms with Crippen molar-refractivity contribution in [3.63, 3.8) is 0 Å². The van der Waals surface area contributed by atoms with E-state index in [1.54, 1.807) is 13.4 Å². The van der Waals surface area contributed by atoms with Gasteiger partial charge in [-0.25, -0.2) is 4.98 Å². The third-order valence-electron chi connectivity index (χ3n) is 2.31. The predicted molar refractivity (Wildman–Crippen MR) is 58.0 cm³/mol. The summed E-state index contributed by atoms with van der Waals surface area (Å²) >= 11 is 0. The van der Waals surface area contributed by atoms with Crippen molar-refractivity contribution in [1.29, 1.82) is 0 Å². The zero-order valence-electron chi connectivity index (χ0n) is 9.07. The molecule has 0 saturated heterocycles. The van der Waals surface area contributed by atoms with Crippen molar-refractivity contribution in [3.05, 3.63) is 35.9 Å². The Labute approximate surface area is 88.7 Å². The van der Waals surface area contributed by atoms with Crippen LogP contribution in [-0.2, 0) is 0 Å². The number of benzene rings is 1. The molecule has 0 bridgehead atoms. The minimum Gasteiger partial charge on any atom is -0.496 e. The lowest BCUT2D eigenvalue weighted by Crippen LogP contribution is -1.87. The third-order valence-corrected chi connectivity index (χ3v) is 2.31. The number of methoxy groups -OCH3 is 1. The van der Waals surface area contributed by atoms with Gasteiger partial charge in [0.15, 0.2) is 5.89 Å². The number of ether oxygens (including phenoxy) is 1. The van der Waals surface area contributed by atoms with Gasteiger partial charge >= 0.3 is 0 Å². The largest absolute Gasteiger partial charge is 0.496 e. The maximum atomic E-state index is 5.20. The van der Waals surface area contributed by atoms with E-state index in [-0.39, 0.29) is 0 Å². The Bertz CT molecular complexity index is 474. The first-order valence-electron chi connectivity index (χ1n) is 4.78. The van der Waals surface area contributed by atoms with E-state index in [0.717, 1.165) is 22.6 Å². The molecule has 1 aromatic heterocycles. The highest BCUT2D eigenvalue weighted by molar-refractivity contribution is 5.60. The van der Waals surface area contributed by atoms with Gasteiger partial charge in [-0.3, -0.25) is 0 Å². The lowest BCUT2D eigenvalue weighted by Gasteiger charge is -2.05. The van der Waals surface area contributed by atoms with Gasteiger partial charge in [-0.15, -0.1) is 0 Å².